The fraction of sp³-hybridized carbons (Fsp3) is 0.600. The Bertz CT molecular complexity index is 584. The molecule has 2 saturated heterocycles. The van der Waals surface area contributed by atoms with Crippen LogP contribution in [0, 0.1) is 5.92 Å². The van der Waals surface area contributed by atoms with E-state index in [9.17, 15) is 9.59 Å². The second kappa shape index (κ2) is 8.48. The normalized spacial score (nSPS) is 24.8. The molecule has 0 aliphatic carbocycles. The lowest BCUT2D eigenvalue weighted by Crippen LogP contribution is -2.59. The molecule has 2 amide bonds. The Labute approximate surface area is 149 Å². The number of piperidine rings is 1. The number of nitrogens with one attached hydrogen (secondary N) is 1. The molecule has 5 heteroatoms. The molecule has 2 aliphatic rings. The zero-order chi connectivity index (χ0) is 17.6. The first-order chi connectivity index (χ1) is 12.1. The zero-order valence-electron chi connectivity index (χ0n) is 14.9. The molecule has 2 aliphatic heterocycles. The van der Waals surface area contributed by atoms with E-state index in [1.165, 1.54) is 5.56 Å². The van der Waals surface area contributed by atoms with Crippen molar-refractivity contribution in [2.75, 3.05) is 19.8 Å². The van der Waals surface area contributed by atoms with Crippen LogP contribution in [0.25, 0.3) is 0 Å². The van der Waals surface area contributed by atoms with E-state index < -0.39 is 0 Å². The molecule has 2 fully saturated rings. The summed E-state index contributed by atoms with van der Waals surface area (Å²) >= 11 is 0. The monoisotopic (exact) mass is 344 g/mol. The lowest BCUT2D eigenvalue weighted by molar-refractivity contribution is -0.143. The molecule has 0 unspecified atom stereocenters. The Hall–Kier alpha value is -1.88. The van der Waals surface area contributed by atoms with Gasteiger partial charge in [0.05, 0.1) is 6.04 Å². The summed E-state index contributed by atoms with van der Waals surface area (Å²) in [5, 5.41) is 3.08. The number of carbonyl (C=O) groups is 2. The Morgan fingerprint density at radius 1 is 1.16 bits per heavy atom. The summed E-state index contributed by atoms with van der Waals surface area (Å²) in [6.45, 7) is 3.67. The second-order valence-corrected chi connectivity index (χ2v) is 7.12. The average molecular weight is 344 g/mol. The second-order valence-electron chi connectivity index (χ2n) is 7.12. The van der Waals surface area contributed by atoms with Crippen LogP contribution in [-0.4, -0.2) is 48.6 Å². The number of amides is 2. The maximum atomic E-state index is 13.1. The highest BCUT2D eigenvalue weighted by Crippen LogP contribution is 2.26. The molecule has 0 spiro atoms. The van der Waals surface area contributed by atoms with Crippen molar-refractivity contribution < 1.29 is 14.3 Å². The van der Waals surface area contributed by atoms with Crippen molar-refractivity contribution in [1.82, 2.24) is 10.2 Å². The zero-order valence-corrected chi connectivity index (χ0v) is 14.9. The van der Waals surface area contributed by atoms with Crippen molar-refractivity contribution in [1.29, 1.82) is 0 Å². The third-order valence-electron chi connectivity index (χ3n) is 5.31. The van der Waals surface area contributed by atoms with E-state index >= 15 is 0 Å². The molecule has 25 heavy (non-hydrogen) atoms. The van der Waals surface area contributed by atoms with Crippen LogP contribution in [0.5, 0.6) is 0 Å². The maximum Gasteiger partial charge on any atom is 0.226 e. The molecule has 136 valence electrons. The largest absolute Gasteiger partial charge is 0.381 e. The number of carbonyl (C=O) groups excluding carboxylic acids is 2. The van der Waals surface area contributed by atoms with Gasteiger partial charge < -0.3 is 15.0 Å². The van der Waals surface area contributed by atoms with Crippen molar-refractivity contribution >= 4 is 11.8 Å². The molecule has 2 atom stereocenters. The Morgan fingerprint density at radius 3 is 2.56 bits per heavy atom. The number of hydrogen-bond acceptors (Lipinski definition) is 3. The van der Waals surface area contributed by atoms with Crippen LogP contribution in [-0.2, 0) is 20.7 Å². The van der Waals surface area contributed by atoms with Crippen molar-refractivity contribution in [2.45, 2.75) is 51.1 Å². The molecule has 0 bridgehead atoms. The molecule has 3 rings (SSSR count). The number of rotatable bonds is 4. The Balaban J connectivity index is 1.79. The van der Waals surface area contributed by atoms with Crippen molar-refractivity contribution in [3.8, 4) is 0 Å². The molecule has 1 aromatic rings. The highest BCUT2D eigenvalue weighted by Gasteiger charge is 2.37. The quantitative estimate of drug-likeness (QED) is 0.910. The molecular formula is C20H28N2O3. The van der Waals surface area contributed by atoms with Crippen molar-refractivity contribution in [2.24, 2.45) is 5.92 Å². The SMILES string of the molecule is CC(=O)N[C@H]1CCCN(C(=O)C2CCOCC2)[C@H]1Cc1ccccc1. The first-order valence-corrected chi connectivity index (χ1v) is 9.34. The van der Waals surface area contributed by atoms with Gasteiger partial charge in [0.1, 0.15) is 0 Å². The van der Waals surface area contributed by atoms with E-state index in [-0.39, 0.29) is 29.8 Å². The Morgan fingerprint density at radius 2 is 1.88 bits per heavy atom. The van der Waals surface area contributed by atoms with Gasteiger partial charge in [-0.3, -0.25) is 9.59 Å². The highest BCUT2D eigenvalue weighted by molar-refractivity contribution is 5.80. The number of nitrogens with zero attached hydrogens (tertiary/aromatic N) is 1. The first-order valence-electron chi connectivity index (χ1n) is 9.34. The lowest BCUT2D eigenvalue weighted by Gasteiger charge is -2.43. The van der Waals surface area contributed by atoms with Crippen LogP contribution in [0.2, 0.25) is 0 Å². The van der Waals surface area contributed by atoms with Crippen LogP contribution in [0.15, 0.2) is 30.3 Å². The topological polar surface area (TPSA) is 58.6 Å². The van der Waals surface area contributed by atoms with Gasteiger partial charge in [0.2, 0.25) is 11.8 Å². The fourth-order valence-electron chi connectivity index (χ4n) is 4.05. The van der Waals surface area contributed by atoms with Gasteiger partial charge in [0.15, 0.2) is 0 Å². The summed E-state index contributed by atoms with van der Waals surface area (Å²) in [4.78, 5) is 26.8. The lowest BCUT2D eigenvalue weighted by atomic mass is 9.88. The third kappa shape index (κ3) is 4.60. The minimum Gasteiger partial charge on any atom is -0.381 e. The van der Waals surface area contributed by atoms with Crippen LogP contribution >= 0.6 is 0 Å². The van der Waals surface area contributed by atoms with Crippen LogP contribution in [0.3, 0.4) is 0 Å². The molecule has 0 aromatic heterocycles. The highest BCUT2D eigenvalue weighted by atomic mass is 16.5. The van der Waals surface area contributed by atoms with Gasteiger partial charge in [-0.2, -0.15) is 0 Å². The number of benzene rings is 1. The minimum absolute atomic E-state index is 0.0234. The van der Waals surface area contributed by atoms with E-state index in [2.05, 4.69) is 17.4 Å². The van der Waals surface area contributed by atoms with Crippen molar-refractivity contribution in [3.05, 3.63) is 35.9 Å². The summed E-state index contributed by atoms with van der Waals surface area (Å²) in [5.74, 6) is 0.269. The molecule has 0 radical (unpaired) electrons. The molecule has 0 saturated carbocycles. The summed E-state index contributed by atoms with van der Waals surface area (Å²) in [5.41, 5.74) is 1.20. The number of likely N-dealkylation sites (tertiary alicyclic amines) is 1. The molecular weight excluding hydrogens is 316 g/mol. The van der Waals surface area contributed by atoms with Gasteiger partial charge in [-0.05, 0) is 37.7 Å². The fourth-order valence-corrected chi connectivity index (χ4v) is 4.05. The number of ether oxygens (including phenoxy) is 1. The van der Waals surface area contributed by atoms with Gasteiger partial charge in [-0.25, -0.2) is 0 Å². The summed E-state index contributed by atoms with van der Waals surface area (Å²) in [6, 6.07) is 10.3. The molecule has 1 N–H and O–H groups in total. The number of hydrogen-bond donors (Lipinski definition) is 1. The van der Waals surface area contributed by atoms with E-state index in [1.54, 1.807) is 6.92 Å². The van der Waals surface area contributed by atoms with Crippen LogP contribution in [0.4, 0.5) is 0 Å². The molecule has 1 aromatic carbocycles. The van der Waals surface area contributed by atoms with E-state index in [0.29, 0.717) is 13.2 Å². The van der Waals surface area contributed by atoms with E-state index in [1.807, 2.05) is 23.1 Å². The molecule has 5 nitrogen and oxygen atoms in total. The van der Waals surface area contributed by atoms with Gasteiger partial charge >= 0.3 is 0 Å². The average Bonchev–Trinajstić information content (AvgIpc) is 2.64. The minimum atomic E-state index is -0.0246. The third-order valence-corrected chi connectivity index (χ3v) is 5.31. The summed E-state index contributed by atoms with van der Waals surface area (Å²) in [7, 11) is 0. The van der Waals surface area contributed by atoms with Gasteiger partial charge in [-0.1, -0.05) is 30.3 Å². The maximum absolute atomic E-state index is 13.1. The van der Waals surface area contributed by atoms with E-state index in [0.717, 1.165) is 38.6 Å². The summed E-state index contributed by atoms with van der Waals surface area (Å²) in [6.07, 6.45) is 4.25. The van der Waals surface area contributed by atoms with Crippen LogP contribution in [0.1, 0.15) is 38.2 Å². The van der Waals surface area contributed by atoms with Gasteiger partial charge in [-0.15, -0.1) is 0 Å². The van der Waals surface area contributed by atoms with Gasteiger partial charge in [0, 0.05) is 38.6 Å². The van der Waals surface area contributed by atoms with Gasteiger partial charge in [0.25, 0.3) is 0 Å². The first kappa shape index (κ1) is 17.9. The standard InChI is InChI=1S/C20H28N2O3/c1-15(23)21-18-8-5-11-22(20(24)17-9-12-25-13-10-17)19(18)14-16-6-3-2-4-7-16/h2-4,6-7,17-19H,5,8-14H2,1H3,(H,21,23)/t18-,19-/m0/s1. The predicted octanol–water partition coefficient (Wildman–Crippen LogP) is 2.15. The Kier molecular flexibility index (Phi) is 6.08. The van der Waals surface area contributed by atoms with E-state index in [4.69, 9.17) is 4.74 Å². The van der Waals surface area contributed by atoms with Crippen molar-refractivity contribution in [3.63, 3.8) is 0 Å². The predicted molar refractivity (Wildman–Crippen MR) is 96.0 cm³/mol. The molecule has 2 heterocycles. The summed E-state index contributed by atoms with van der Waals surface area (Å²) < 4.78 is 5.41. The van der Waals surface area contributed by atoms with Crippen LogP contribution < -0.4 is 5.32 Å². The smallest absolute Gasteiger partial charge is 0.226 e.